The molecule has 6 nitrogen and oxygen atoms in total. The minimum absolute atomic E-state index is 0.158. The van der Waals surface area contributed by atoms with Gasteiger partial charge in [0.2, 0.25) is 15.9 Å². The van der Waals surface area contributed by atoms with E-state index in [0.717, 1.165) is 22.8 Å². The van der Waals surface area contributed by atoms with Gasteiger partial charge in [0.1, 0.15) is 16.8 Å². The minimum Gasteiger partial charge on any atom is -0.353 e. The number of piperazine rings is 1. The van der Waals surface area contributed by atoms with Crippen LogP contribution in [0.25, 0.3) is 0 Å². The Hall–Kier alpha value is -1.54. The summed E-state index contributed by atoms with van der Waals surface area (Å²) < 4.78 is 38.5. The number of hydrogen-bond acceptors (Lipinski definition) is 4. The number of nitrogens with one attached hydrogen (secondary N) is 1. The molecule has 0 saturated carbocycles. The lowest BCUT2D eigenvalue weighted by Gasteiger charge is -2.31. The van der Waals surface area contributed by atoms with E-state index in [9.17, 15) is 17.6 Å². The van der Waals surface area contributed by atoms with Crippen LogP contribution < -0.4 is 5.32 Å². The number of aromatic nitrogens is 1. The average Bonchev–Trinajstić information content (AvgIpc) is 2.32. The van der Waals surface area contributed by atoms with Crippen LogP contribution >= 0.6 is 0 Å². The molecule has 1 N–H and O–H groups in total. The number of carbonyl (C=O) groups excluding carboxylic acids is 1. The van der Waals surface area contributed by atoms with E-state index in [1.807, 2.05) is 0 Å². The maximum atomic E-state index is 13.0. The average molecular weight is 273 g/mol. The Morgan fingerprint density at radius 3 is 2.89 bits per heavy atom. The van der Waals surface area contributed by atoms with E-state index >= 15 is 0 Å². The summed E-state index contributed by atoms with van der Waals surface area (Å²) in [7, 11) is -3.90. The number of pyridine rings is 1. The van der Waals surface area contributed by atoms with Crippen LogP contribution in [0.3, 0.4) is 0 Å². The van der Waals surface area contributed by atoms with Gasteiger partial charge in [0.15, 0.2) is 0 Å². The van der Waals surface area contributed by atoms with Crippen molar-refractivity contribution in [2.24, 2.45) is 0 Å². The summed E-state index contributed by atoms with van der Waals surface area (Å²) in [4.78, 5) is 14.7. The minimum atomic E-state index is -3.90. The molecule has 1 atom stereocenters. The molecule has 1 aliphatic heterocycles. The highest BCUT2D eigenvalue weighted by Crippen LogP contribution is 2.19. The molecule has 98 valence electrons. The van der Waals surface area contributed by atoms with Gasteiger partial charge in [-0.1, -0.05) is 0 Å². The number of nitrogens with zero attached hydrogens (tertiary/aromatic N) is 2. The Morgan fingerprint density at radius 1 is 1.50 bits per heavy atom. The summed E-state index contributed by atoms with van der Waals surface area (Å²) in [5.41, 5.74) is 0. The molecule has 1 aromatic rings. The number of hydrogen-bond donors (Lipinski definition) is 1. The fraction of sp³-hybridized carbons (Fsp3) is 0.400. The number of amides is 1. The maximum absolute atomic E-state index is 13.0. The van der Waals surface area contributed by atoms with Crippen molar-refractivity contribution in [2.45, 2.75) is 17.9 Å². The normalized spacial score (nSPS) is 21.7. The molecule has 1 saturated heterocycles. The second-order valence-electron chi connectivity index (χ2n) is 3.92. The quantitative estimate of drug-likeness (QED) is 0.804. The van der Waals surface area contributed by atoms with Crippen molar-refractivity contribution in [1.29, 1.82) is 0 Å². The first kappa shape index (κ1) is 12.9. The van der Waals surface area contributed by atoms with Crippen LogP contribution in [0.5, 0.6) is 0 Å². The molecule has 0 aromatic carbocycles. The van der Waals surface area contributed by atoms with Gasteiger partial charge in [-0.05, 0) is 13.0 Å². The highest BCUT2D eigenvalue weighted by molar-refractivity contribution is 7.89. The molecule has 1 aliphatic rings. The maximum Gasteiger partial charge on any atom is 0.245 e. The van der Waals surface area contributed by atoms with E-state index in [1.165, 1.54) is 6.92 Å². The molecule has 0 radical (unpaired) electrons. The standard InChI is InChI=1S/C10H12FN3O3S/c1-7-10(15)13-2-3-14(7)18(16,17)9-4-8(11)5-12-6-9/h4-7H,2-3H2,1H3,(H,13,15). The van der Waals surface area contributed by atoms with Crippen LogP contribution in [0, 0.1) is 5.82 Å². The van der Waals surface area contributed by atoms with Crippen molar-refractivity contribution in [2.75, 3.05) is 13.1 Å². The largest absolute Gasteiger partial charge is 0.353 e. The molecule has 0 bridgehead atoms. The Labute approximate surface area is 104 Å². The molecule has 2 rings (SSSR count). The van der Waals surface area contributed by atoms with Crippen LogP contribution in [-0.4, -0.2) is 42.7 Å². The zero-order valence-electron chi connectivity index (χ0n) is 9.63. The van der Waals surface area contributed by atoms with E-state index in [2.05, 4.69) is 10.3 Å². The van der Waals surface area contributed by atoms with Gasteiger partial charge in [-0.25, -0.2) is 12.8 Å². The number of rotatable bonds is 2. The third-order valence-corrected chi connectivity index (χ3v) is 4.66. The molecule has 1 aromatic heterocycles. The zero-order chi connectivity index (χ0) is 13.3. The lowest BCUT2D eigenvalue weighted by Crippen LogP contribution is -2.55. The summed E-state index contributed by atoms with van der Waals surface area (Å²) in [6, 6.07) is 0.0775. The van der Waals surface area contributed by atoms with Crippen LogP contribution in [0.15, 0.2) is 23.4 Å². The number of carbonyl (C=O) groups is 1. The fourth-order valence-corrected chi connectivity index (χ4v) is 3.33. The predicted octanol–water partition coefficient (Wildman–Crippen LogP) is -0.270. The van der Waals surface area contributed by atoms with Gasteiger partial charge in [0.05, 0.1) is 6.20 Å². The highest BCUT2D eigenvalue weighted by atomic mass is 32.2. The Bertz CT molecular complexity index is 575. The van der Waals surface area contributed by atoms with Gasteiger partial charge in [-0.3, -0.25) is 9.78 Å². The Kier molecular flexibility index (Phi) is 3.31. The molecule has 1 fully saturated rings. The first-order valence-electron chi connectivity index (χ1n) is 5.33. The predicted molar refractivity (Wildman–Crippen MR) is 60.6 cm³/mol. The third-order valence-electron chi connectivity index (χ3n) is 2.73. The summed E-state index contributed by atoms with van der Waals surface area (Å²) in [6.45, 7) is 1.88. The smallest absolute Gasteiger partial charge is 0.245 e. The van der Waals surface area contributed by atoms with Crippen molar-refractivity contribution in [3.63, 3.8) is 0 Å². The second-order valence-corrected chi connectivity index (χ2v) is 5.81. The van der Waals surface area contributed by atoms with Gasteiger partial charge >= 0.3 is 0 Å². The SMILES string of the molecule is CC1C(=O)NCCN1S(=O)(=O)c1cncc(F)c1. The summed E-state index contributed by atoms with van der Waals surface area (Å²) in [6.07, 6.45) is 1.99. The molecule has 8 heteroatoms. The molecule has 0 spiro atoms. The van der Waals surface area contributed by atoms with Crippen molar-refractivity contribution >= 4 is 15.9 Å². The summed E-state index contributed by atoms with van der Waals surface area (Å²) in [5, 5.41) is 2.56. The van der Waals surface area contributed by atoms with Crippen LogP contribution in [0.1, 0.15) is 6.92 Å². The Balaban J connectivity index is 2.39. The van der Waals surface area contributed by atoms with Gasteiger partial charge in [-0.15, -0.1) is 0 Å². The lowest BCUT2D eigenvalue weighted by atomic mass is 10.2. The molecule has 1 amide bonds. The summed E-state index contributed by atoms with van der Waals surface area (Å²) in [5.74, 6) is -1.10. The molecule has 1 unspecified atom stereocenters. The Morgan fingerprint density at radius 2 is 2.22 bits per heavy atom. The van der Waals surface area contributed by atoms with E-state index in [0.29, 0.717) is 0 Å². The highest BCUT2D eigenvalue weighted by Gasteiger charge is 2.35. The van der Waals surface area contributed by atoms with Gasteiger partial charge in [0, 0.05) is 19.3 Å². The molecule has 0 aliphatic carbocycles. The molecular weight excluding hydrogens is 261 g/mol. The van der Waals surface area contributed by atoms with Crippen molar-refractivity contribution < 1.29 is 17.6 Å². The fourth-order valence-electron chi connectivity index (χ4n) is 1.76. The molecule has 2 heterocycles. The molecular formula is C10H12FN3O3S. The topological polar surface area (TPSA) is 79.4 Å². The zero-order valence-corrected chi connectivity index (χ0v) is 10.4. The van der Waals surface area contributed by atoms with Crippen molar-refractivity contribution in [3.05, 3.63) is 24.3 Å². The third kappa shape index (κ3) is 2.21. The van der Waals surface area contributed by atoms with Gasteiger partial charge in [-0.2, -0.15) is 4.31 Å². The van der Waals surface area contributed by atoms with Crippen LogP contribution in [-0.2, 0) is 14.8 Å². The van der Waals surface area contributed by atoms with Crippen LogP contribution in [0.2, 0.25) is 0 Å². The number of sulfonamides is 1. The monoisotopic (exact) mass is 273 g/mol. The van der Waals surface area contributed by atoms with E-state index in [4.69, 9.17) is 0 Å². The molecule has 18 heavy (non-hydrogen) atoms. The van der Waals surface area contributed by atoms with Crippen LogP contribution in [0.4, 0.5) is 4.39 Å². The van der Waals surface area contributed by atoms with E-state index < -0.39 is 21.9 Å². The first-order valence-corrected chi connectivity index (χ1v) is 6.77. The van der Waals surface area contributed by atoms with Gasteiger partial charge in [0.25, 0.3) is 0 Å². The summed E-state index contributed by atoms with van der Waals surface area (Å²) >= 11 is 0. The van der Waals surface area contributed by atoms with Gasteiger partial charge < -0.3 is 5.32 Å². The van der Waals surface area contributed by atoms with Crippen molar-refractivity contribution in [3.8, 4) is 0 Å². The lowest BCUT2D eigenvalue weighted by molar-refractivity contribution is -0.126. The van der Waals surface area contributed by atoms with E-state index in [-0.39, 0.29) is 23.9 Å². The van der Waals surface area contributed by atoms with E-state index in [1.54, 1.807) is 0 Å². The number of halogens is 1. The second kappa shape index (κ2) is 4.62. The first-order chi connectivity index (χ1) is 8.43. The van der Waals surface area contributed by atoms with Crippen molar-refractivity contribution in [1.82, 2.24) is 14.6 Å².